The van der Waals surface area contributed by atoms with E-state index in [9.17, 15) is 17.8 Å². The van der Waals surface area contributed by atoms with Crippen LogP contribution in [-0.2, 0) is 14.9 Å². The maximum atomic E-state index is 11.6. The lowest BCUT2D eigenvalue weighted by molar-refractivity contribution is -0.129. The van der Waals surface area contributed by atoms with E-state index in [1.807, 2.05) is 6.92 Å². The Balaban J connectivity index is 4.32. The number of amides is 1. The number of carbonyl (C=O) groups excluding carboxylic acids is 1. The fourth-order valence-corrected chi connectivity index (χ4v) is 1.62. The molecule has 0 heterocycles. The van der Waals surface area contributed by atoms with Crippen LogP contribution in [0.3, 0.4) is 0 Å². The molecule has 0 saturated heterocycles. The van der Waals surface area contributed by atoms with E-state index >= 15 is 0 Å². The highest BCUT2D eigenvalue weighted by molar-refractivity contribution is 7.85. The summed E-state index contributed by atoms with van der Waals surface area (Å²) < 4.78 is 31.3. The van der Waals surface area contributed by atoms with Gasteiger partial charge in [-0.2, -0.15) is 0 Å². The van der Waals surface area contributed by atoms with Crippen molar-refractivity contribution in [2.24, 2.45) is 5.41 Å². The maximum absolute atomic E-state index is 11.6. The first-order chi connectivity index (χ1) is 6.58. The second kappa shape index (κ2) is 4.94. The van der Waals surface area contributed by atoms with Crippen molar-refractivity contribution in [2.75, 3.05) is 5.75 Å². The van der Waals surface area contributed by atoms with Crippen molar-refractivity contribution >= 4 is 16.0 Å². The molecule has 1 amide bonds. The van der Waals surface area contributed by atoms with Gasteiger partial charge in [0, 0.05) is 11.5 Å². The second-order valence-electron chi connectivity index (χ2n) is 4.34. The standard InChI is InChI=1S/C9H19NO4S/c1-5-9(3,4)8(11)10-7(2)6-15(12,13)14/h7H,5-6H2,1-4H3,(H,10,11)(H,12,13,14)/p-1. The van der Waals surface area contributed by atoms with Crippen LogP contribution >= 0.6 is 0 Å². The van der Waals surface area contributed by atoms with Crippen molar-refractivity contribution in [3.63, 3.8) is 0 Å². The average molecular weight is 236 g/mol. The summed E-state index contributed by atoms with van der Waals surface area (Å²) >= 11 is 0. The zero-order valence-corrected chi connectivity index (χ0v) is 10.3. The third-order valence-electron chi connectivity index (χ3n) is 2.33. The summed E-state index contributed by atoms with van der Waals surface area (Å²) in [6.45, 7) is 6.90. The fourth-order valence-electron chi connectivity index (χ4n) is 0.928. The molecule has 0 rings (SSSR count). The van der Waals surface area contributed by atoms with Gasteiger partial charge in [-0.3, -0.25) is 4.79 Å². The van der Waals surface area contributed by atoms with Gasteiger partial charge >= 0.3 is 0 Å². The molecule has 0 saturated carbocycles. The molecule has 0 bridgehead atoms. The zero-order valence-electron chi connectivity index (χ0n) is 9.53. The van der Waals surface area contributed by atoms with Crippen molar-refractivity contribution in [3.05, 3.63) is 0 Å². The van der Waals surface area contributed by atoms with Gasteiger partial charge in [0.25, 0.3) is 0 Å². The van der Waals surface area contributed by atoms with E-state index in [1.54, 1.807) is 13.8 Å². The molecule has 0 fully saturated rings. The number of hydrogen-bond acceptors (Lipinski definition) is 4. The number of carbonyl (C=O) groups is 1. The number of hydrogen-bond donors (Lipinski definition) is 1. The second-order valence-corrected chi connectivity index (χ2v) is 5.78. The van der Waals surface area contributed by atoms with E-state index in [4.69, 9.17) is 0 Å². The van der Waals surface area contributed by atoms with Crippen LogP contribution in [0.1, 0.15) is 34.1 Å². The highest BCUT2D eigenvalue weighted by Gasteiger charge is 2.26. The highest BCUT2D eigenvalue weighted by atomic mass is 32.2. The quantitative estimate of drug-likeness (QED) is 0.703. The predicted molar refractivity (Wildman–Crippen MR) is 56.2 cm³/mol. The van der Waals surface area contributed by atoms with Crippen molar-refractivity contribution in [2.45, 2.75) is 40.2 Å². The van der Waals surface area contributed by atoms with Gasteiger partial charge in [-0.05, 0) is 13.3 Å². The minimum atomic E-state index is -4.29. The summed E-state index contributed by atoms with van der Waals surface area (Å²) in [5, 5.41) is 2.51. The smallest absolute Gasteiger partial charge is 0.225 e. The molecule has 0 aliphatic heterocycles. The normalized spacial score (nSPS) is 14.7. The first-order valence-electron chi connectivity index (χ1n) is 4.83. The molecule has 1 N–H and O–H groups in total. The third-order valence-corrected chi connectivity index (χ3v) is 3.24. The fraction of sp³-hybridized carbons (Fsp3) is 0.889. The summed E-state index contributed by atoms with van der Waals surface area (Å²) in [4.78, 5) is 11.6. The molecule has 6 heteroatoms. The Hall–Kier alpha value is -0.620. The van der Waals surface area contributed by atoms with Crippen molar-refractivity contribution < 1.29 is 17.8 Å². The molecule has 0 aliphatic carbocycles. The topological polar surface area (TPSA) is 86.3 Å². The van der Waals surface area contributed by atoms with Gasteiger partial charge in [-0.1, -0.05) is 20.8 Å². The molecule has 0 aromatic heterocycles. The molecule has 1 atom stereocenters. The predicted octanol–water partition coefficient (Wildman–Crippen LogP) is 0.472. The van der Waals surface area contributed by atoms with E-state index in [0.29, 0.717) is 6.42 Å². The van der Waals surface area contributed by atoms with Gasteiger partial charge in [0.1, 0.15) is 0 Å². The van der Waals surface area contributed by atoms with Gasteiger partial charge < -0.3 is 9.87 Å². The van der Waals surface area contributed by atoms with Gasteiger partial charge in [-0.25, -0.2) is 8.42 Å². The molecular weight excluding hydrogens is 218 g/mol. The summed E-state index contributed by atoms with van der Waals surface area (Å²) in [5.74, 6) is -0.806. The molecule has 0 spiro atoms. The van der Waals surface area contributed by atoms with Gasteiger partial charge in [0.05, 0.1) is 15.9 Å². The average Bonchev–Trinajstić information content (AvgIpc) is 2.00. The molecule has 0 radical (unpaired) electrons. The van der Waals surface area contributed by atoms with Crippen LogP contribution in [0, 0.1) is 5.41 Å². The van der Waals surface area contributed by atoms with E-state index in [-0.39, 0.29) is 5.91 Å². The molecule has 0 aromatic rings. The molecule has 15 heavy (non-hydrogen) atoms. The molecule has 0 aliphatic rings. The Labute approximate surface area is 91.0 Å². The van der Waals surface area contributed by atoms with E-state index in [2.05, 4.69) is 5.32 Å². The van der Waals surface area contributed by atoms with Crippen molar-refractivity contribution in [1.82, 2.24) is 5.32 Å². The van der Waals surface area contributed by atoms with Gasteiger partial charge in [0.15, 0.2) is 0 Å². The van der Waals surface area contributed by atoms with Gasteiger partial charge in [0.2, 0.25) is 5.91 Å². The maximum Gasteiger partial charge on any atom is 0.225 e. The minimum Gasteiger partial charge on any atom is -0.748 e. The SMILES string of the molecule is CCC(C)(C)C(=O)NC(C)CS(=O)(=O)[O-]. The third kappa shape index (κ3) is 5.74. The largest absolute Gasteiger partial charge is 0.748 e. The van der Waals surface area contributed by atoms with E-state index in [1.165, 1.54) is 6.92 Å². The Morgan fingerprint density at radius 3 is 2.27 bits per heavy atom. The Morgan fingerprint density at radius 1 is 1.47 bits per heavy atom. The van der Waals surface area contributed by atoms with Crippen LogP contribution in [-0.4, -0.2) is 30.7 Å². The Bertz CT molecular complexity index is 321. The molecule has 1 unspecified atom stereocenters. The van der Waals surface area contributed by atoms with Crippen LogP contribution < -0.4 is 5.32 Å². The molecule has 0 aromatic carbocycles. The van der Waals surface area contributed by atoms with E-state index < -0.39 is 27.3 Å². The van der Waals surface area contributed by atoms with Crippen molar-refractivity contribution in [1.29, 1.82) is 0 Å². The highest BCUT2D eigenvalue weighted by Crippen LogP contribution is 2.19. The van der Waals surface area contributed by atoms with Crippen molar-refractivity contribution in [3.8, 4) is 0 Å². The Morgan fingerprint density at radius 2 is 1.93 bits per heavy atom. The van der Waals surface area contributed by atoms with E-state index in [0.717, 1.165) is 0 Å². The summed E-state index contributed by atoms with van der Waals surface area (Å²) in [6, 6.07) is -0.647. The Kier molecular flexibility index (Phi) is 4.73. The lowest BCUT2D eigenvalue weighted by Crippen LogP contribution is -2.44. The molecule has 5 nitrogen and oxygen atoms in total. The summed E-state index contributed by atoms with van der Waals surface area (Å²) in [7, 11) is -4.29. The first-order valence-corrected chi connectivity index (χ1v) is 6.41. The number of rotatable bonds is 5. The lowest BCUT2D eigenvalue weighted by Gasteiger charge is -2.25. The summed E-state index contributed by atoms with van der Waals surface area (Å²) in [6.07, 6.45) is 0.648. The van der Waals surface area contributed by atoms with Crippen LogP contribution in [0.2, 0.25) is 0 Å². The lowest BCUT2D eigenvalue weighted by atomic mass is 9.89. The minimum absolute atomic E-state index is 0.235. The number of nitrogens with one attached hydrogen (secondary N) is 1. The van der Waals surface area contributed by atoms with Gasteiger partial charge in [-0.15, -0.1) is 0 Å². The zero-order chi connectivity index (χ0) is 12.3. The van der Waals surface area contributed by atoms with Crippen LogP contribution in [0.5, 0.6) is 0 Å². The van der Waals surface area contributed by atoms with Crippen LogP contribution in [0.15, 0.2) is 0 Å². The first kappa shape index (κ1) is 14.4. The summed E-state index contributed by atoms with van der Waals surface area (Å²) in [5.41, 5.74) is -0.541. The van der Waals surface area contributed by atoms with Crippen LogP contribution in [0.4, 0.5) is 0 Å². The molecule has 90 valence electrons. The monoisotopic (exact) mass is 236 g/mol. The molecular formula is C9H18NO4S-. The van der Waals surface area contributed by atoms with Crippen LogP contribution in [0.25, 0.3) is 0 Å².